The summed E-state index contributed by atoms with van der Waals surface area (Å²) in [6, 6.07) is 0. The molecule has 0 radical (unpaired) electrons. The molecule has 0 aliphatic heterocycles. The number of alkyl halides is 1. The quantitative estimate of drug-likeness (QED) is 0.503. The van der Waals surface area contributed by atoms with Crippen LogP contribution < -0.4 is 0 Å². The van der Waals surface area contributed by atoms with Gasteiger partial charge in [-0.15, -0.1) is 9.24 Å². The van der Waals surface area contributed by atoms with Crippen molar-refractivity contribution in [2.24, 2.45) is 0 Å². The van der Waals surface area contributed by atoms with E-state index in [0.717, 1.165) is 0 Å². The summed E-state index contributed by atoms with van der Waals surface area (Å²) in [6.07, 6.45) is -0.341. The van der Waals surface area contributed by atoms with Gasteiger partial charge in [0.15, 0.2) is 0 Å². The maximum atomic E-state index is 11.1. The molecule has 3 heteroatoms. The van der Waals surface area contributed by atoms with Crippen LogP contribution in [0.1, 0.15) is 0 Å². The lowest BCUT2D eigenvalue weighted by Gasteiger charge is -1.95. The molecule has 0 saturated heterocycles. The molecule has 0 saturated carbocycles. The van der Waals surface area contributed by atoms with Crippen LogP contribution in [-0.4, -0.2) is 24.0 Å². The van der Waals surface area contributed by atoms with E-state index in [1.165, 1.54) is 0 Å². The molecule has 0 amide bonds. The Kier molecular flexibility index (Phi) is 3.70. The maximum Gasteiger partial charge on any atom is 0.116 e. The minimum absolute atomic E-state index is 0.427. The van der Waals surface area contributed by atoms with Gasteiger partial charge in [0.2, 0.25) is 0 Å². The van der Waals surface area contributed by atoms with Crippen LogP contribution in [0.25, 0.3) is 0 Å². The van der Waals surface area contributed by atoms with Gasteiger partial charge in [-0.25, -0.2) is 4.39 Å². The Balaban J connectivity index is 2.75. The minimum Gasteiger partial charge on any atom is -0.390 e. The molecule has 2 atom stereocenters. The first-order valence-corrected chi connectivity index (χ1v) is 2.57. The standard InChI is InChI=1S/C3H8FOP/c4-1-3(5)2-6/h3,5H,1-2,6H2. The summed E-state index contributed by atoms with van der Waals surface area (Å²) in [7, 11) is 2.25. The molecule has 0 fully saturated rings. The Labute approximate surface area is 38.8 Å². The molecule has 0 aliphatic rings. The highest BCUT2D eigenvalue weighted by Crippen LogP contribution is 1.88. The number of rotatable bonds is 2. The van der Waals surface area contributed by atoms with E-state index in [1.807, 2.05) is 0 Å². The molecule has 0 aromatic heterocycles. The second-order valence-electron chi connectivity index (χ2n) is 1.04. The van der Waals surface area contributed by atoms with E-state index in [1.54, 1.807) is 0 Å². The van der Waals surface area contributed by atoms with Crippen LogP contribution in [-0.2, 0) is 0 Å². The zero-order chi connectivity index (χ0) is 4.99. The zero-order valence-electron chi connectivity index (χ0n) is 3.39. The van der Waals surface area contributed by atoms with Crippen molar-refractivity contribution in [3.63, 3.8) is 0 Å². The summed E-state index contributed by atoms with van der Waals surface area (Å²) in [4.78, 5) is 0. The molecule has 0 heterocycles. The van der Waals surface area contributed by atoms with Gasteiger partial charge in [-0.1, -0.05) is 0 Å². The van der Waals surface area contributed by atoms with Gasteiger partial charge in [0.05, 0.1) is 6.10 Å². The van der Waals surface area contributed by atoms with Crippen molar-refractivity contribution >= 4 is 9.24 Å². The lowest BCUT2D eigenvalue weighted by molar-refractivity contribution is 0.162. The molecule has 0 bridgehead atoms. The van der Waals surface area contributed by atoms with Gasteiger partial charge in [0.25, 0.3) is 0 Å². The van der Waals surface area contributed by atoms with Crippen LogP contribution in [0.2, 0.25) is 0 Å². The summed E-state index contributed by atoms with van der Waals surface area (Å²) in [5, 5.41) is 8.27. The Morgan fingerprint density at radius 2 is 2.33 bits per heavy atom. The highest BCUT2D eigenvalue weighted by atomic mass is 31.0. The van der Waals surface area contributed by atoms with Gasteiger partial charge in [0, 0.05) is 0 Å². The Morgan fingerprint density at radius 1 is 1.83 bits per heavy atom. The van der Waals surface area contributed by atoms with Crippen LogP contribution in [0.15, 0.2) is 0 Å². The first kappa shape index (κ1) is 6.32. The molecule has 0 spiro atoms. The van der Waals surface area contributed by atoms with Crippen molar-refractivity contribution in [2.75, 3.05) is 12.8 Å². The fourth-order valence-corrected chi connectivity index (χ4v) is 0.189. The zero-order valence-corrected chi connectivity index (χ0v) is 4.55. The third-order valence-electron chi connectivity index (χ3n) is 0.450. The fraction of sp³-hybridized carbons (Fsp3) is 1.00. The van der Waals surface area contributed by atoms with Crippen molar-refractivity contribution in [1.29, 1.82) is 0 Å². The van der Waals surface area contributed by atoms with E-state index in [-0.39, 0.29) is 0 Å². The van der Waals surface area contributed by atoms with Crippen molar-refractivity contribution in [2.45, 2.75) is 6.10 Å². The van der Waals surface area contributed by atoms with Gasteiger partial charge in [-0.3, -0.25) is 0 Å². The van der Waals surface area contributed by atoms with Crippen molar-refractivity contribution in [3.05, 3.63) is 0 Å². The SMILES string of the molecule is OC(CF)CP. The Morgan fingerprint density at radius 3 is 2.33 bits per heavy atom. The number of aliphatic hydroxyl groups is 1. The molecule has 0 aliphatic carbocycles. The van der Waals surface area contributed by atoms with Crippen LogP contribution in [0, 0.1) is 0 Å². The van der Waals surface area contributed by atoms with Gasteiger partial charge >= 0.3 is 0 Å². The molecule has 1 nitrogen and oxygen atoms in total. The molecule has 0 aromatic carbocycles. The summed E-state index contributed by atoms with van der Waals surface area (Å²) in [6.45, 7) is -0.635. The normalized spacial score (nSPS) is 14.5. The topological polar surface area (TPSA) is 20.2 Å². The number of halogens is 1. The first-order chi connectivity index (χ1) is 2.81. The highest BCUT2D eigenvalue weighted by molar-refractivity contribution is 7.16. The lowest BCUT2D eigenvalue weighted by Crippen LogP contribution is -2.08. The molecule has 6 heavy (non-hydrogen) atoms. The third-order valence-corrected chi connectivity index (χ3v) is 0.994. The second-order valence-corrected chi connectivity index (χ2v) is 1.52. The van der Waals surface area contributed by atoms with E-state index in [0.29, 0.717) is 6.16 Å². The highest BCUT2D eigenvalue weighted by Gasteiger charge is 1.94. The molecular formula is C3H8FOP. The van der Waals surface area contributed by atoms with E-state index >= 15 is 0 Å². The number of hydrogen-bond donors (Lipinski definition) is 1. The predicted octanol–water partition coefficient (Wildman–Crippen LogP) is 0.192. The monoisotopic (exact) mass is 110 g/mol. The van der Waals surface area contributed by atoms with Crippen molar-refractivity contribution in [1.82, 2.24) is 0 Å². The smallest absolute Gasteiger partial charge is 0.116 e. The van der Waals surface area contributed by atoms with Crippen LogP contribution >= 0.6 is 9.24 Å². The third kappa shape index (κ3) is 2.55. The predicted molar refractivity (Wildman–Crippen MR) is 26.6 cm³/mol. The minimum atomic E-state index is -0.769. The van der Waals surface area contributed by atoms with E-state index in [2.05, 4.69) is 9.24 Å². The molecule has 0 aromatic rings. The van der Waals surface area contributed by atoms with E-state index in [4.69, 9.17) is 5.11 Å². The molecule has 38 valence electrons. The molecular weight excluding hydrogens is 102 g/mol. The average molecular weight is 110 g/mol. The molecule has 1 N–H and O–H groups in total. The summed E-state index contributed by atoms with van der Waals surface area (Å²) >= 11 is 0. The fourth-order valence-electron chi connectivity index (χ4n) is 0.0630. The summed E-state index contributed by atoms with van der Waals surface area (Å²) in [5.74, 6) is 0. The molecule has 2 unspecified atom stereocenters. The Hall–Kier alpha value is 0.320. The average Bonchev–Trinajstić information content (AvgIpc) is 1.65. The van der Waals surface area contributed by atoms with Crippen molar-refractivity contribution < 1.29 is 9.50 Å². The lowest BCUT2D eigenvalue weighted by atomic mass is 10.5. The largest absolute Gasteiger partial charge is 0.390 e. The molecule has 0 rings (SSSR count). The van der Waals surface area contributed by atoms with Gasteiger partial charge in [-0.05, 0) is 6.16 Å². The van der Waals surface area contributed by atoms with Crippen LogP contribution in [0.4, 0.5) is 4.39 Å². The summed E-state index contributed by atoms with van der Waals surface area (Å²) in [5.41, 5.74) is 0. The van der Waals surface area contributed by atoms with Crippen molar-refractivity contribution in [3.8, 4) is 0 Å². The van der Waals surface area contributed by atoms with E-state index in [9.17, 15) is 4.39 Å². The van der Waals surface area contributed by atoms with Gasteiger partial charge in [-0.2, -0.15) is 0 Å². The Bertz CT molecular complexity index is 30.0. The maximum absolute atomic E-state index is 11.1. The number of aliphatic hydroxyl groups excluding tert-OH is 1. The van der Waals surface area contributed by atoms with Gasteiger partial charge in [0.1, 0.15) is 6.67 Å². The van der Waals surface area contributed by atoms with Crippen LogP contribution in [0.3, 0.4) is 0 Å². The van der Waals surface area contributed by atoms with Gasteiger partial charge < -0.3 is 5.11 Å². The number of hydrogen-bond acceptors (Lipinski definition) is 1. The summed E-state index contributed by atoms with van der Waals surface area (Å²) < 4.78 is 11.1. The van der Waals surface area contributed by atoms with Crippen LogP contribution in [0.5, 0.6) is 0 Å². The first-order valence-electron chi connectivity index (χ1n) is 1.75. The van der Waals surface area contributed by atoms with E-state index < -0.39 is 12.8 Å². The second kappa shape index (κ2) is 3.51.